The second kappa shape index (κ2) is 11.8. The van der Waals surface area contributed by atoms with Crippen molar-refractivity contribution in [3.8, 4) is 27.9 Å². The van der Waals surface area contributed by atoms with Gasteiger partial charge in [-0.1, -0.05) is 129 Å². The van der Waals surface area contributed by atoms with Crippen LogP contribution >= 0.6 is 11.3 Å². The number of hydrogen-bond acceptors (Lipinski definition) is 2. The van der Waals surface area contributed by atoms with Gasteiger partial charge in [-0.3, -0.25) is 0 Å². The average molecular weight is 709 g/mol. The first-order chi connectivity index (χ1) is 26.5. The molecule has 0 spiro atoms. The Kier molecular flexibility index (Phi) is 6.80. The Morgan fingerprint density at radius 3 is 1.81 bits per heavy atom. The van der Waals surface area contributed by atoms with Gasteiger partial charge in [-0.25, -0.2) is 0 Å². The fourth-order valence-corrected chi connectivity index (χ4v) is 10.1. The summed E-state index contributed by atoms with van der Waals surface area (Å²) >= 11 is 1.87. The first-order valence-electron chi connectivity index (χ1n) is 18.7. The maximum absolute atomic E-state index is 2.43. The molecule has 2 heterocycles. The van der Waals surface area contributed by atoms with Crippen LogP contribution in [0.2, 0.25) is 0 Å². The maximum atomic E-state index is 2.43. The van der Waals surface area contributed by atoms with Gasteiger partial charge < -0.3 is 9.47 Å². The van der Waals surface area contributed by atoms with Crippen LogP contribution in [-0.4, -0.2) is 4.57 Å². The molecular weight excluding hydrogens is 673 g/mol. The van der Waals surface area contributed by atoms with Crippen molar-refractivity contribution in [2.45, 2.75) is 19.3 Å². The summed E-state index contributed by atoms with van der Waals surface area (Å²) in [6.07, 6.45) is 0. The van der Waals surface area contributed by atoms with E-state index in [1.807, 2.05) is 11.3 Å². The molecule has 0 amide bonds. The summed E-state index contributed by atoms with van der Waals surface area (Å²) in [5, 5.41) is 5.13. The fourth-order valence-electron chi connectivity index (χ4n) is 8.94. The van der Waals surface area contributed by atoms with E-state index in [4.69, 9.17) is 0 Å². The average Bonchev–Trinajstić information content (AvgIpc) is 3.83. The second-order valence-electron chi connectivity index (χ2n) is 15.0. The van der Waals surface area contributed by atoms with E-state index in [9.17, 15) is 0 Å². The number of hydrogen-bond donors (Lipinski definition) is 0. The molecule has 0 aliphatic heterocycles. The van der Waals surface area contributed by atoms with Gasteiger partial charge in [0.1, 0.15) is 0 Å². The maximum Gasteiger partial charge on any atom is 0.0541 e. The summed E-state index contributed by atoms with van der Waals surface area (Å²) in [7, 11) is 0. The lowest BCUT2D eigenvalue weighted by molar-refractivity contribution is 0.660. The van der Waals surface area contributed by atoms with Gasteiger partial charge in [0.2, 0.25) is 0 Å². The Morgan fingerprint density at radius 1 is 0.426 bits per heavy atom. The monoisotopic (exact) mass is 708 g/mol. The van der Waals surface area contributed by atoms with Gasteiger partial charge >= 0.3 is 0 Å². The molecule has 0 fully saturated rings. The van der Waals surface area contributed by atoms with Gasteiger partial charge in [-0.2, -0.15) is 0 Å². The molecule has 0 radical (unpaired) electrons. The quantitative estimate of drug-likeness (QED) is 0.173. The van der Waals surface area contributed by atoms with E-state index in [1.165, 1.54) is 81.0 Å². The SMILES string of the molecule is CC1(C)c2ccccc2-c2ccc(N(c3ccc(-c4ccccc4)cc3)c3ccc4c(c3)sc3ccc(-n5c6ccccc6c6ccccc65)cc34)cc21. The molecule has 0 atom stereocenters. The van der Waals surface area contributed by atoms with Gasteiger partial charge in [0.15, 0.2) is 0 Å². The minimum Gasteiger partial charge on any atom is -0.310 e. The predicted molar refractivity (Wildman–Crippen MR) is 231 cm³/mol. The number of rotatable bonds is 5. The normalized spacial score (nSPS) is 13.1. The molecule has 3 heteroatoms. The van der Waals surface area contributed by atoms with Crippen LogP contribution in [0, 0.1) is 0 Å². The summed E-state index contributed by atoms with van der Waals surface area (Å²) in [5.74, 6) is 0. The topological polar surface area (TPSA) is 8.17 Å². The third kappa shape index (κ3) is 4.65. The highest BCUT2D eigenvalue weighted by Gasteiger charge is 2.35. The standard InChI is InChI=1S/C51H36N2S/c1-51(2)45-17-9-6-14-39(45)40-27-24-37(31-46(40)51)52(35-22-20-34(21-23-35)33-12-4-3-5-13-33)38-25-28-43-44-30-36(26-29-49(44)54-50(43)32-38)53-47-18-10-7-15-41(47)42-16-8-11-19-48(42)53/h3-32H,1-2H3. The molecular formula is C51H36N2S. The predicted octanol–water partition coefficient (Wildman–Crippen LogP) is 14.6. The van der Waals surface area contributed by atoms with Crippen LogP contribution in [0.3, 0.4) is 0 Å². The number of nitrogens with zero attached hydrogens (tertiary/aromatic N) is 2. The molecule has 0 bridgehead atoms. The van der Waals surface area contributed by atoms with Gasteiger partial charge in [-0.05, 0) is 100 Å². The van der Waals surface area contributed by atoms with Crippen LogP contribution in [0.15, 0.2) is 182 Å². The van der Waals surface area contributed by atoms with Crippen LogP contribution in [0.4, 0.5) is 17.1 Å². The van der Waals surface area contributed by atoms with Gasteiger partial charge in [-0.15, -0.1) is 11.3 Å². The molecule has 11 rings (SSSR count). The minimum atomic E-state index is -0.0890. The molecule has 54 heavy (non-hydrogen) atoms. The van der Waals surface area contributed by atoms with Crippen LogP contribution in [0.25, 0.3) is 69.9 Å². The van der Waals surface area contributed by atoms with Crippen molar-refractivity contribution in [3.63, 3.8) is 0 Å². The summed E-state index contributed by atoms with van der Waals surface area (Å²) in [6, 6.07) is 67.1. The highest BCUT2D eigenvalue weighted by molar-refractivity contribution is 7.25. The highest BCUT2D eigenvalue weighted by atomic mass is 32.1. The summed E-state index contributed by atoms with van der Waals surface area (Å²) in [4.78, 5) is 2.43. The van der Waals surface area contributed by atoms with E-state index in [2.05, 4.69) is 205 Å². The molecule has 0 saturated heterocycles. The van der Waals surface area contributed by atoms with Crippen molar-refractivity contribution in [2.24, 2.45) is 0 Å². The number of fused-ring (bicyclic) bond motifs is 9. The van der Waals surface area contributed by atoms with Crippen molar-refractivity contribution in [3.05, 3.63) is 193 Å². The van der Waals surface area contributed by atoms with E-state index < -0.39 is 0 Å². The molecule has 8 aromatic carbocycles. The fraction of sp³-hybridized carbons (Fsp3) is 0.0588. The molecule has 0 N–H and O–H groups in total. The van der Waals surface area contributed by atoms with E-state index >= 15 is 0 Å². The third-order valence-corrected chi connectivity index (χ3v) is 12.7. The van der Waals surface area contributed by atoms with E-state index in [0.717, 1.165) is 17.1 Å². The highest BCUT2D eigenvalue weighted by Crippen LogP contribution is 2.51. The Morgan fingerprint density at radius 2 is 1.04 bits per heavy atom. The molecule has 2 aromatic heterocycles. The van der Waals surface area contributed by atoms with Crippen LogP contribution < -0.4 is 4.90 Å². The van der Waals surface area contributed by atoms with Gasteiger partial charge in [0.05, 0.1) is 11.0 Å². The second-order valence-corrected chi connectivity index (χ2v) is 16.1. The third-order valence-electron chi connectivity index (χ3n) is 11.6. The van der Waals surface area contributed by atoms with Gasteiger partial charge in [0.25, 0.3) is 0 Å². The number of thiophene rings is 1. The number of aromatic nitrogens is 1. The zero-order chi connectivity index (χ0) is 36.0. The molecule has 1 aliphatic rings. The van der Waals surface area contributed by atoms with Crippen molar-refractivity contribution >= 4 is 70.4 Å². The number of para-hydroxylation sites is 2. The number of anilines is 3. The van der Waals surface area contributed by atoms with Crippen molar-refractivity contribution in [1.29, 1.82) is 0 Å². The Balaban J connectivity index is 1.06. The zero-order valence-electron chi connectivity index (χ0n) is 30.1. The smallest absolute Gasteiger partial charge is 0.0541 e. The molecule has 10 aromatic rings. The molecule has 2 nitrogen and oxygen atoms in total. The summed E-state index contributed by atoms with van der Waals surface area (Å²) in [5.41, 5.74) is 14.9. The van der Waals surface area contributed by atoms with E-state index in [-0.39, 0.29) is 5.41 Å². The van der Waals surface area contributed by atoms with Gasteiger partial charge in [0, 0.05) is 59.1 Å². The molecule has 0 unspecified atom stereocenters. The summed E-state index contributed by atoms with van der Waals surface area (Å²) in [6.45, 7) is 4.72. The zero-order valence-corrected chi connectivity index (χ0v) is 30.9. The molecule has 1 aliphatic carbocycles. The lowest BCUT2D eigenvalue weighted by atomic mass is 9.82. The Labute approximate surface area is 318 Å². The molecule has 256 valence electrons. The van der Waals surface area contributed by atoms with Crippen LogP contribution in [-0.2, 0) is 5.41 Å². The lowest BCUT2D eigenvalue weighted by Gasteiger charge is -2.28. The largest absolute Gasteiger partial charge is 0.310 e. The van der Waals surface area contributed by atoms with Crippen LogP contribution in [0.1, 0.15) is 25.0 Å². The van der Waals surface area contributed by atoms with Crippen molar-refractivity contribution < 1.29 is 0 Å². The van der Waals surface area contributed by atoms with Crippen molar-refractivity contribution in [1.82, 2.24) is 4.57 Å². The van der Waals surface area contributed by atoms with Crippen molar-refractivity contribution in [2.75, 3.05) is 4.90 Å². The van der Waals surface area contributed by atoms with E-state index in [0.29, 0.717) is 0 Å². The van der Waals surface area contributed by atoms with E-state index in [1.54, 1.807) is 0 Å². The van der Waals surface area contributed by atoms with Crippen LogP contribution in [0.5, 0.6) is 0 Å². The lowest BCUT2D eigenvalue weighted by Crippen LogP contribution is -2.16. The first-order valence-corrected chi connectivity index (χ1v) is 19.5. The molecule has 0 saturated carbocycles. The Bertz CT molecular complexity index is 3020. The first kappa shape index (κ1) is 31.1. The Hall–Kier alpha value is -6.42. The summed E-state index contributed by atoms with van der Waals surface area (Å²) < 4.78 is 4.99. The number of benzene rings is 8. The minimum absolute atomic E-state index is 0.0890.